The van der Waals surface area contributed by atoms with E-state index in [0.29, 0.717) is 23.7 Å². The van der Waals surface area contributed by atoms with Crippen LogP contribution in [0.15, 0.2) is 24.3 Å². The minimum absolute atomic E-state index is 0.355. The van der Waals surface area contributed by atoms with Crippen LogP contribution in [-0.2, 0) is 4.79 Å². The Balaban J connectivity index is 1.63. The van der Waals surface area contributed by atoms with Gasteiger partial charge in [0, 0.05) is 50.1 Å². The van der Waals surface area contributed by atoms with Crippen molar-refractivity contribution in [3.8, 4) is 0 Å². The van der Waals surface area contributed by atoms with Crippen LogP contribution in [0.5, 0.6) is 0 Å². The van der Waals surface area contributed by atoms with E-state index in [1.54, 1.807) is 0 Å². The summed E-state index contributed by atoms with van der Waals surface area (Å²) in [6.07, 6.45) is 2.22. The van der Waals surface area contributed by atoms with Crippen LogP contribution in [0.1, 0.15) is 24.3 Å². The van der Waals surface area contributed by atoms with Crippen molar-refractivity contribution in [2.75, 3.05) is 31.6 Å². The molecule has 19 heavy (non-hydrogen) atoms. The van der Waals surface area contributed by atoms with E-state index in [4.69, 9.17) is 0 Å². The molecule has 0 bridgehead atoms. The van der Waals surface area contributed by atoms with Crippen LogP contribution < -0.4 is 4.90 Å². The predicted octanol–water partition coefficient (Wildman–Crippen LogP) is 2.09. The number of fused-ring (bicyclic) bond motifs is 3. The van der Waals surface area contributed by atoms with Gasteiger partial charge in [0.25, 0.3) is 0 Å². The number of amides is 1. The normalized spacial score (nSPS) is 29.1. The van der Waals surface area contributed by atoms with Gasteiger partial charge in [-0.3, -0.25) is 4.79 Å². The second-order valence-electron chi connectivity index (χ2n) is 6.32. The Morgan fingerprint density at radius 1 is 1.16 bits per heavy atom. The molecule has 0 N–H and O–H groups in total. The number of hydrogen-bond acceptors (Lipinski definition) is 2. The number of carbonyl (C=O) groups is 1. The third-order valence-corrected chi connectivity index (χ3v) is 4.94. The molecule has 0 aromatic heterocycles. The summed E-state index contributed by atoms with van der Waals surface area (Å²) in [5.41, 5.74) is 2.79. The summed E-state index contributed by atoms with van der Waals surface area (Å²) in [6.45, 7) is 2.97. The lowest BCUT2D eigenvalue weighted by atomic mass is 9.84. The molecule has 1 aromatic rings. The number of para-hydroxylation sites is 1. The van der Waals surface area contributed by atoms with Crippen molar-refractivity contribution in [1.29, 1.82) is 0 Å². The molecule has 2 aliphatic heterocycles. The molecule has 0 spiro atoms. The summed E-state index contributed by atoms with van der Waals surface area (Å²) in [5, 5.41) is 0. The van der Waals surface area contributed by atoms with Crippen molar-refractivity contribution >= 4 is 11.6 Å². The van der Waals surface area contributed by atoms with Gasteiger partial charge in [-0.2, -0.15) is 0 Å². The SMILES string of the molecule is CN1C[C@@H]2CN(C(=O)C3CC3)C[C@H]2c2ccccc21. The van der Waals surface area contributed by atoms with E-state index in [1.165, 1.54) is 11.3 Å². The Labute approximate surface area is 114 Å². The van der Waals surface area contributed by atoms with Crippen molar-refractivity contribution in [3.05, 3.63) is 29.8 Å². The molecule has 3 aliphatic rings. The van der Waals surface area contributed by atoms with Crippen LogP contribution in [-0.4, -0.2) is 37.5 Å². The average molecular weight is 256 g/mol. The molecule has 1 aliphatic carbocycles. The third-order valence-electron chi connectivity index (χ3n) is 4.94. The molecule has 2 heterocycles. The number of nitrogens with zero attached hydrogens (tertiary/aromatic N) is 2. The fraction of sp³-hybridized carbons (Fsp3) is 0.562. The molecular weight excluding hydrogens is 236 g/mol. The van der Waals surface area contributed by atoms with Crippen LogP contribution in [0, 0.1) is 11.8 Å². The van der Waals surface area contributed by atoms with Crippen LogP contribution in [0.2, 0.25) is 0 Å². The summed E-state index contributed by atoms with van der Waals surface area (Å²) < 4.78 is 0. The molecule has 3 heteroatoms. The summed E-state index contributed by atoms with van der Waals surface area (Å²) in [5.74, 6) is 1.93. The smallest absolute Gasteiger partial charge is 0.225 e. The molecule has 1 saturated carbocycles. The van der Waals surface area contributed by atoms with Crippen molar-refractivity contribution < 1.29 is 4.79 Å². The fourth-order valence-corrected chi connectivity index (χ4v) is 3.78. The molecule has 2 atom stereocenters. The fourth-order valence-electron chi connectivity index (χ4n) is 3.78. The van der Waals surface area contributed by atoms with Crippen LogP contribution in [0.25, 0.3) is 0 Å². The summed E-state index contributed by atoms with van der Waals surface area (Å²) in [4.78, 5) is 16.7. The minimum atomic E-state index is 0.355. The number of likely N-dealkylation sites (tertiary alicyclic amines) is 1. The second-order valence-corrected chi connectivity index (χ2v) is 6.32. The lowest BCUT2D eigenvalue weighted by molar-refractivity contribution is -0.131. The standard InChI is InChI=1S/C16H20N2O/c1-17-8-12-9-18(16(19)11-6-7-11)10-14(12)13-4-2-3-5-15(13)17/h2-5,11-12,14H,6-10H2,1H3/t12-,14-/m1/s1. The zero-order chi connectivity index (χ0) is 13.0. The van der Waals surface area contributed by atoms with Crippen molar-refractivity contribution in [1.82, 2.24) is 4.90 Å². The highest BCUT2D eigenvalue weighted by molar-refractivity contribution is 5.81. The number of rotatable bonds is 1. The molecule has 3 nitrogen and oxygen atoms in total. The van der Waals surface area contributed by atoms with Gasteiger partial charge in [0.1, 0.15) is 0 Å². The third kappa shape index (κ3) is 1.75. The molecule has 100 valence electrons. The van der Waals surface area contributed by atoms with Gasteiger partial charge in [-0.15, -0.1) is 0 Å². The first kappa shape index (κ1) is 11.3. The van der Waals surface area contributed by atoms with Gasteiger partial charge >= 0.3 is 0 Å². The summed E-state index contributed by atoms with van der Waals surface area (Å²) in [6, 6.07) is 8.68. The number of anilines is 1. The highest BCUT2D eigenvalue weighted by atomic mass is 16.2. The Morgan fingerprint density at radius 2 is 1.95 bits per heavy atom. The topological polar surface area (TPSA) is 23.6 Å². The molecule has 2 fully saturated rings. The second kappa shape index (κ2) is 3.99. The first-order chi connectivity index (χ1) is 9.24. The Bertz CT molecular complexity index is 523. The zero-order valence-corrected chi connectivity index (χ0v) is 11.4. The van der Waals surface area contributed by atoms with Gasteiger partial charge in [0.2, 0.25) is 5.91 Å². The van der Waals surface area contributed by atoms with Gasteiger partial charge in [-0.05, 0) is 24.5 Å². The predicted molar refractivity (Wildman–Crippen MR) is 75.2 cm³/mol. The minimum Gasteiger partial charge on any atom is -0.374 e. The molecule has 0 unspecified atom stereocenters. The van der Waals surface area contributed by atoms with E-state index in [9.17, 15) is 4.79 Å². The number of carbonyl (C=O) groups excluding carboxylic acids is 1. The molecule has 4 rings (SSSR count). The first-order valence-electron chi connectivity index (χ1n) is 7.33. The van der Waals surface area contributed by atoms with Gasteiger partial charge < -0.3 is 9.80 Å². The molecule has 1 saturated heterocycles. The quantitative estimate of drug-likeness (QED) is 0.768. The van der Waals surface area contributed by atoms with Crippen molar-refractivity contribution in [3.63, 3.8) is 0 Å². The maximum atomic E-state index is 12.3. The van der Waals surface area contributed by atoms with Crippen molar-refractivity contribution in [2.24, 2.45) is 11.8 Å². The van der Waals surface area contributed by atoms with Gasteiger partial charge in [0.15, 0.2) is 0 Å². The molecule has 1 amide bonds. The molecule has 0 radical (unpaired) electrons. The molecule has 1 aromatic carbocycles. The Morgan fingerprint density at radius 3 is 2.74 bits per heavy atom. The first-order valence-corrected chi connectivity index (χ1v) is 7.33. The molecular formula is C16H20N2O. The Kier molecular flexibility index (Phi) is 2.38. The van der Waals surface area contributed by atoms with E-state index < -0.39 is 0 Å². The largest absolute Gasteiger partial charge is 0.374 e. The highest BCUT2D eigenvalue weighted by Crippen LogP contribution is 2.43. The van der Waals surface area contributed by atoms with E-state index in [-0.39, 0.29) is 0 Å². The van der Waals surface area contributed by atoms with E-state index in [2.05, 4.69) is 41.1 Å². The van der Waals surface area contributed by atoms with Gasteiger partial charge in [-0.25, -0.2) is 0 Å². The zero-order valence-electron chi connectivity index (χ0n) is 11.4. The highest BCUT2D eigenvalue weighted by Gasteiger charge is 2.43. The van der Waals surface area contributed by atoms with Gasteiger partial charge in [-0.1, -0.05) is 18.2 Å². The summed E-state index contributed by atoms with van der Waals surface area (Å²) in [7, 11) is 2.17. The van der Waals surface area contributed by atoms with Crippen LogP contribution in [0.4, 0.5) is 5.69 Å². The average Bonchev–Trinajstić information content (AvgIpc) is 3.18. The Hall–Kier alpha value is -1.51. The lowest BCUT2D eigenvalue weighted by Gasteiger charge is -2.35. The number of hydrogen-bond donors (Lipinski definition) is 0. The number of benzene rings is 1. The maximum absolute atomic E-state index is 12.3. The van der Waals surface area contributed by atoms with E-state index >= 15 is 0 Å². The van der Waals surface area contributed by atoms with Crippen LogP contribution >= 0.6 is 0 Å². The van der Waals surface area contributed by atoms with Crippen molar-refractivity contribution in [2.45, 2.75) is 18.8 Å². The lowest BCUT2D eigenvalue weighted by Crippen LogP contribution is -2.35. The summed E-state index contributed by atoms with van der Waals surface area (Å²) >= 11 is 0. The van der Waals surface area contributed by atoms with E-state index in [0.717, 1.165) is 32.5 Å². The monoisotopic (exact) mass is 256 g/mol. The van der Waals surface area contributed by atoms with E-state index in [1.807, 2.05) is 0 Å². The maximum Gasteiger partial charge on any atom is 0.225 e. The van der Waals surface area contributed by atoms with Gasteiger partial charge in [0.05, 0.1) is 0 Å². The van der Waals surface area contributed by atoms with Crippen LogP contribution in [0.3, 0.4) is 0 Å².